The second-order valence-corrected chi connectivity index (χ2v) is 6.25. The molecule has 3 rings (SSSR count). The number of carbonyl (C=O) groups excluding carboxylic acids is 3. The zero-order valence-corrected chi connectivity index (χ0v) is 13.8. The van der Waals surface area contributed by atoms with Crippen LogP contribution in [0.2, 0.25) is 0 Å². The topological polar surface area (TPSA) is 84.9 Å². The van der Waals surface area contributed by atoms with E-state index in [2.05, 4.69) is 5.32 Å². The number of rotatable bonds is 4. The quantitative estimate of drug-likeness (QED) is 0.812. The minimum absolute atomic E-state index is 0.0810. The first-order valence-corrected chi connectivity index (χ1v) is 7.80. The molecular weight excluding hydrogens is 312 g/mol. The first-order chi connectivity index (χ1) is 11.5. The van der Waals surface area contributed by atoms with Gasteiger partial charge in [-0.3, -0.25) is 19.7 Å². The Kier molecular flexibility index (Phi) is 4.17. The summed E-state index contributed by atoms with van der Waals surface area (Å²) in [5.41, 5.74) is 0.0210. The molecule has 0 saturated carbocycles. The van der Waals surface area contributed by atoms with Gasteiger partial charge in [0.05, 0.1) is 26.1 Å². The van der Waals surface area contributed by atoms with Crippen molar-refractivity contribution in [3.05, 3.63) is 23.8 Å². The zero-order valence-electron chi connectivity index (χ0n) is 13.8. The predicted molar refractivity (Wildman–Crippen MR) is 84.6 cm³/mol. The molecule has 1 aromatic carbocycles. The Bertz CT molecular complexity index is 702. The van der Waals surface area contributed by atoms with E-state index in [1.807, 2.05) is 0 Å². The smallest absolute Gasteiger partial charge is 0.235 e. The zero-order chi connectivity index (χ0) is 17.3. The Balaban J connectivity index is 1.70. The molecule has 7 nitrogen and oxygen atoms in total. The highest BCUT2D eigenvalue weighted by Crippen LogP contribution is 2.38. The Morgan fingerprint density at radius 2 is 2.08 bits per heavy atom. The van der Waals surface area contributed by atoms with E-state index in [0.29, 0.717) is 31.0 Å². The molecule has 1 atom stereocenters. The number of hydrogen-bond acceptors (Lipinski definition) is 5. The minimum Gasteiger partial charge on any atom is -0.497 e. The first-order valence-electron chi connectivity index (χ1n) is 7.80. The number of methoxy groups -OCH3 is 2. The third kappa shape index (κ3) is 2.81. The van der Waals surface area contributed by atoms with Gasteiger partial charge in [0.1, 0.15) is 11.5 Å². The van der Waals surface area contributed by atoms with E-state index in [1.54, 1.807) is 37.3 Å². The third-order valence-electron chi connectivity index (χ3n) is 4.78. The average Bonchev–Trinajstić information content (AvgIpc) is 3.11. The molecule has 1 aromatic rings. The van der Waals surface area contributed by atoms with Crippen molar-refractivity contribution in [3.63, 3.8) is 0 Å². The number of amides is 3. The molecule has 2 heterocycles. The lowest BCUT2D eigenvalue weighted by Crippen LogP contribution is -2.37. The van der Waals surface area contributed by atoms with Gasteiger partial charge in [-0.15, -0.1) is 0 Å². The predicted octanol–water partition coefficient (Wildman–Crippen LogP) is 0.512. The van der Waals surface area contributed by atoms with Crippen molar-refractivity contribution in [3.8, 4) is 11.5 Å². The Hall–Kier alpha value is -2.57. The molecule has 24 heavy (non-hydrogen) atoms. The van der Waals surface area contributed by atoms with Crippen molar-refractivity contribution in [2.45, 2.75) is 19.3 Å². The van der Waals surface area contributed by atoms with Gasteiger partial charge in [-0.25, -0.2) is 0 Å². The van der Waals surface area contributed by atoms with Gasteiger partial charge < -0.3 is 14.4 Å². The van der Waals surface area contributed by atoms with Crippen molar-refractivity contribution in [2.24, 2.45) is 5.41 Å². The molecule has 0 radical (unpaired) electrons. The molecule has 3 amide bonds. The molecule has 2 fully saturated rings. The van der Waals surface area contributed by atoms with E-state index in [1.165, 1.54) is 0 Å². The van der Waals surface area contributed by atoms with Crippen LogP contribution in [0.3, 0.4) is 0 Å². The first kappa shape index (κ1) is 16.3. The number of nitrogens with zero attached hydrogens (tertiary/aromatic N) is 1. The molecule has 2 saturated heterocycles. The molecule has 128 valence electrons. The van der Waals surface area contributed by atoms with Crippen LogP contribution < -0.4 is 14.8 Å². The number of nitrogens with one attached hydrogen (secondary N) is 1. The van der Waals surface area contributed by atoms with Crippen LogP contribution in [0.15, 0.2) is 18.2 Å². The maximum Gasteiger partial charge on any atom is 0.235 e. The molecule has 0 aliphatic carbocycles. The highest BCUT2D eigenvalue weighted by Gasteiger charge is 2.51. The maximum absolute atomic E-state index is 12.6. The van der Waals surface area contributed by atoms with Gasteiger partial charge in [-0.2, -0.15) is 0 Å². The average molecular weight is 332 g/mol. The van der Waals surface area contributed by atoms with Gasteiger partial charge >= 0.3 is 0 Å². The van der Waals surface area contributed by atoms with Gasteiger partial charge in [0.25, 0.3) is 0 Å². The van der Waals surface area contributed by atoms with E-state index in [-0.39, 0.29) is 30.6 Å². The molecular formula is C17H20N2O5. The number of benzene rings is 1. The fraction of sp³-hybridized carbons (Fsp3) is 0.471. The van der Waals surface area contributed by atoms with Gasteiger partial charge in [0.15, 0.2) is 0 Å². The number of ether oxygens (including phenoxy) is 2. The van der Waals surface area contributed by atoms with Crippen molar-refractivity contribution < 1.29 is 23.9 Å². The fourth-order valence-electron chi connectivity index (χ4n) is 3.38. The summed E-state index contributed by atoms with van der Waals surface area (Å²) in [5.74, 6) is 0.646. The molecule has 1 N–H and O–H groups in total. The van der Waals surface area contributed by atoms with Crippen LogP contribution in [0.5, 0.6) is 11.5 Å². The van der Waals surface area contributed by atoms with Crippen LogP contribution >= 0.6 is 0 Å². The van der Waals surface area contributed by atoms with E-state index < -0.39 is 5.41 Å². The monoisotopic (exact) mass is 332 g/mol. The van der Waals surface area contributed by atoms with Crippen LogP contribution in [0.25, 0.3) is 0 Å². The normalized spacial score (nSPS) is 22.8. The summed E-state index contributed by atoms with van der Waals surface area (Å²) in [6.45, 7) is 0.778. The minimum atomic E-state index is -0.739. The lowest BCUT2D eigenvalue weighted by atomic mass is 9.85. The van der Waals surface area contributed by atoms with E-state index >= 15 is 0 Å². The van der Waals surface area contributed by atoms with Crippen LogP contribution in [0.1, 0.15) is 18.4 Å². The van der Waals surface area contributed by atoms with Gasteiger partial charge in [-0.1, -0.05) is 6.07 Å². The number of hydrogen-bond donors (Lipinski definition) is 1. The maximum atomic E-state index is 12.6. The molecule has 0 aromatic heterocycles. The second-order valence-electron chi connectivity index (χ2n) is 6.25. The molecule has 2 aliphatic rings. The van der Waals surface area contributed by atoms with Crippen LogP contribution in [-0.4, -0.2) is 49.9 Å². The van der Waals surface area contributed by atoms with Gasteiger partial charge in [0, 0.05) is 31.1 Å². The standard InChI is InChI=1S/C17H20N2O5/c1-23-12-4-3-11(13(8-12)24-2)7-15(21)19-6-5-17(10-19)9-14(20)18-16(17)22/h3-4,8H,5-7,9-10H2,1-2H3,(H,18,20,22)/t17-/m1/s1. The summed E-state index contributed by atoms with van der Waals surface area (Å²) in [4.78, 5) is 37.7. The highest BCUT2D eigenvalue weighted by molar-refractivity contribution is 6.06. The van der Waals surface area contributed by atoms with Crippen molar-refractivity contribution >= 4 is 17.7 Å². The Morgan fingerprint density at radius 1 is 1.29 bits per heavy atom. The van der Waals surface area contributed by atoms with Crippen molar-refractivity contribution in [1.82, 2.24) is 10.2 Å². The van der Waals surface area contributed by atoms with Gasteiger partial charge in [0.2, 0.25) is 17.7 Å². The van der Waals surface area contributed by atoms with Crippen molar-refractivity contribution in [1.29, 1.82) is 0 Å². The third-order valence-corrected chi connectivity index (χ3v) is 4.78. The SMILES string of the molecule is COc1ccc(CC(=O)N2CC[C@@]3(CC(=O)NC3=O)C2)c(OC)c1. The fourth-order valence-corrected chi connectivity index (χ4v) is 3.38. The number of imide groups is 1. The van der Waals surface area contributed by atoms with Crippen LogP contribution in [0.4, 0.5) is 0 Å². The van der Waals surface area contributed by atoms with Crippen LogP contribution in [0, 0.1) is 5.41 Å². The summed E-state index contributed by atoms with van der Waals surface area (Å²) < 4.78 is 10.5. The lowest BCUT2D eigenvalue weighted by Gasteiger charge is -2.21. The van der Waals surface area contributed by atoms with E-state index in [4.69, 9.17) is 9.47 Å². The second kappa shape index (κ2) is 6.14. The van der Waals surface area contributed by atoms with E-state index in [0.717, 1.165) is 5.56 Å². The lowest BCUT2D eigenvalue weighted by molar-refractivity contribution is -0.131. The number of carbonyl (C=O) groups is 3. The summed E-state index contributed by atoms with van der Waals surface area (Å²) >= 11 is 0. The summed E-state index contributed by atoms with van der Waals surface area (Å²) in [7, 11) is 3.11. The van der Waals surface area contributed by atoms with Crippen LogP contribution in [-0.2, 0) is 20.8 Å². The van der Waals surface area contributed by atoms with E-state index in [9.17, 15) is 14.4 Å². The Morgan fingerprint density at radius 3 is 2.71 bits per heavy atom. The largest absolute Gasteiger partial charge is 0.497 e. The summed E-state index contributed by atoms with van der Waals surface area (Å²) in [6.07, 6.45) is 0.871. The summed E-state index contributed by atoms with van der Waals surface area (Å²) in [6, 6.07) is 5.31. The molecule has 0 bridgehead atoms. The van der Waals surface area contributed by atoms with Gasteiger partial charge in [-0.05, 0) is 12.5 Å². The Labute approximate surface area is 139 Å². The molecule has 2 aliphatic heterocycles. The molecule has 7 heteroatoms. The summed E-state index contributed by atoms with van der Waals surface area (Å²) in [5, 5.41) is 2.34. The van der Waals surface area contributed by atoms with Crippen molar-refractivity contribution in [2.75, 3.05) is 27.3 Å². The number of likely N-dealkylation sites (tertiary alicyclic amines) is 1. The highest BCUT2D eigenvalue weighted by atomic mass is 16.5. The molecule has 0 unspecified atom stereocenters. The molecule has 1 spiro atoms.